The zero-order valence-electron chi connectivity index (χ0n) is 17.2. The second-order valence-corrected chi connectivity index (χ2v) is 6.71. The van der Waals surface area contributed by atoms with Gasteiger partial charge in [-0.1, -0.05) is 48.5 Å². The van der Waals surface area contributed by atoms with Gasteiger partial charge in [-0.15, -0.1) is 0 Å². The Balaban J connectivity index is 1.58. The van der Waals surface area contributed by atoms with Gasteiger partial charge in [0.1, 0.15) is 24.7 Å². The van der Waals surface area contributed by atoms with E-state index in [0.717, 1.165) is 37.2 Å². The zero-order chi connectivity index (χ0) is 20.3. The van der Waals surface area contributed by atoms with Crippen LogP contribution in [0.2, 0.25) is 0 Å². The van der Waals surface area contributed by atoms with Crippen molar-refractivity contribution in [3.05, 3.63) is 84.4 Å². The smallest absolute Gasteiger partial charge is 0.194 e. The highest BCUT2D eigenvalue weighted by Gasteiger charge is 2.08. The van der Waals surface area contributed by atoms with Crippen LogP contribution in [0.1, 0.15) is 18.3 Å². The second kappa shape index (κ2) is 10.9. The Labute approximate surface area is 172 Å². The van der Waals surface area contributed by atoms with Gasteiger partial charge in [-0.05, 0) is 24.6 Å². The maximum absolute atomic E-state index is 5.80. The maximum atomic E-state index is 5.80. The predicted octanol–water partition coefficient (Wildman–Crippen LogP) is 3.41. The highest BCUT2D eigenvalue weighted by Crippen LogP contribution is 2.09. The lowest BCUT2D eigenvalue weighted by Gasteiger charge is -2.22. The van der Waals surface area contributed by atoms with Crippen molar-refractivity contribution in [1.82, 2.24) is 19.8 Å². The minimum Gasteiger partial charge on any atom is -0.492 e. The molecule has 0 bridgehead atoms. The lowest BCUT2D eigenvalue weighted by atomic mass is 10.2. The summed E-state index contributed by atoms with van der Waals surface area (Å²) in [6.45, 7) is 5.52. The quantitative estimate of drug-likeness (QED) is 0.449. The van der Waals surface area contributed by atoms with Crippen molar-refractivity contribution in [1.29, 1.82) is 0 Å². The van der Waals surface area contributed by atoms with Crippen molar-refractivity contribution in [2.45, 2.75) is 20.0 Å². The Hall–Kier alpha value is -3.28. The molecule has 0 aliphatic carbocycles. The number of guanidine groups is 1. The van der Waals surface area contributed by atoms with Crippen molar-refractivity contribution in [3.8, 4) is 5.75 Å². The molecule has 0 unspecified atom stereocenters. The molecule has 0 saturated carbocycles. The van der Waals surface area contributed by atoms with Crippen LogP contribution in [0.3, 0.4) is 0 Å². The minimum absolute atomic E-state index is 0.520. The molecule has 152 valence electrons. The van der Waals surface area contributed by atoms with Crippen LogP contribution in [0.25, 0.3) is 0 Å². The molecule has 6 heteroatoms. The third kappa shape index (κ3) is 6.38. The normalized spacial score (nSPS) is 11.3. The van der Waals surface area contributed by atoms with Crippen LogP contribution in [0, 0.1) is 0 Å². The van der Waals surface area contributed by atoms with Gasteiger partial charge in [-0.25, -0.2) is 9.98 Å². The van der Waals surface area contributed by atoms with E-state index in [4.69, 9.17) is 9.73 Å². The Morgan fingerprint density at radius 2 is 1.83 bits per heavy atom. The summed E-state index contributed by atoms with van der Waals surface area (Å²) >= 11 is 0. The van der Waals surface area contributed by atoms with Gasteiger partial charge in [0.05, 0.1) is 6.54 Å². The van der Waals surface area contributed by atoms with E-state index < -0.39 is 0 Å². The van der Waals surface area contributed by atoms with Crippen LogP contribution in [0.15, 0.2) is 78.0 Å². The standard InChI is InChI=1S/C23H29N5O/c1-3-24-23(27(2)16-17-29-21-12-8-5-9-13-21)26-18-22-25-14-15-28(22)19-20-10-6-4-7-11-20/h4-15H,3,16-19H2,1-2H3,(H,24,26). The van der Waals surface area contributed by atoms with Crippen LogP contribution in [-0.2, 0) is 13.1 Å². The summed E-state index contributed by atoms with van der Waals surface area (Å²) in [7, 11) is 2.02. The SMILES string of the molecule is CCNC(=NCc1nccn1Cc1ccccc1)N(C)CCOc1ccccc1. The molecule has 0 aliphatic rings. The number of nitrogens with zero attached hydrogens (tertiary/aromatic N) is 4. The highest BCUT2D eigenvalue weighted by atomic mass is 16.5. The Kier molecular flexibility index (Phi) is 7.69. The van der Waals surface area contributed by atoms with Crippen molar-refractivity contribution in [3.63, 3.8) is 0 Å². The molecular weight excluding hydrogens is 362 g/mol. The van der Waals surface area contributed by atoms with Crippen LogP contribution >= 0.6 is 0 Å². The Morgan fingerprint density at radius 3 is 2.55 bits per heavy atom. The summed E-state index contributed by atoms with van der Waals surface area (Å²) < 4.78 is 7.94. The van der Waals surface area contributed by atoms with E-state index in [1.807, 2.05) is 55.8 Å². The molecule has 0 radical (unpaired) electrons. The number of benzene rings is 2. The number of nitrogens with one attached hydrogen (secondary N) is 1. The Morgan fingerprint density at radius 1 is 1.10 bits per heavy atom. The van der Waals surface area contributed by atoms with Crippen LogP contribution < -0.4 is 10.1 Å². The minimum atomic E-state index is 0.520. The summed E-state index contributed by atoms with van der Waals surface area (Å²) in [5.74, 6) is 2.67. The fourth-order valence-corrected chi connectivity index (χ4v) is 2.95. The fraction of sp³-hybridized carbons (Fsp3) is 0.304. The first-order chi connectivity index (χ1) is 14.3. The van der Waals surface area contributed by atoms with Gasteiger partial charge in [-0.2, -0.15) is 0 Å². The van der Waals surface area contributed by atoms with E-state index in [1.165, 1.54) is 5.56 Å². The number of hydrogen-bond donors (Lipinski definition) is 1. The van der Waals surface area contributed by atoms with Gasteiger partial charge in [-0.3, -0.25) is 0 Å². The van der Waals surface area contributed by atoms with E-state index in [0.29, 0.717) is 13.2 Å². The maximum Gasteiger partial charge on any atom is 0.194 e. The number of aromatic nitrogens is 2. The summed E-state index contributed by atoms with van der Waals surface area (Å²) in [5, 5.41) is 3.35. The number of rotatable bonds is 9. The Bertz CT molecular complexity index is 877. The lowest BCUT2D eigenvalue weighted by molar-refractivity contribution is 0.281. The van der Waals surface area contributed by atoms with E-state index >= 15 is 0 Å². The molecule has 0 fully saturated rings. The molecule has 0 spiro atoms. The first-order valence-corrected chi connectivity index (χ1v) is 9.97. The van der Waals surface area contributed by atoms with E-state index in [2.05, 4.69) is 51.0 Å². The van der Waals surface area contributed by atoms with Crippen molar-refractivity contribution >= 4 is 5.96 Å². The highest BCUT2D eigenvalue weighted by molar-refractivity contribution is 5.79. The van der Waals surface area contributed by atoms with Crippen molar-refractivity contribution in [2.75, 3.05) is 26.7 Å². The predicted molar refractivity (Wildman–Crippen MR) is 117 cm³/mol. The molecule has 1 N–H and O–H groups in total. The van der Waals surface area contributed by atoms with E-state index in [-0.39, 0.29) is 0 Å². The van der Waals surface area contributed by atoms with Crippen LogP contribution in [0.4, 0.5) is 0 Å². The van der Waals surface area contributed by atoms with E-state index in [9.17, 15) is 0 Å². The fourth-order valence-electron chi connectivity index (χ4n) is 2.95. The lowest BCUT2D eigenvalue weighted by Crippen LogP contribution is -2.40. The molecule has 3 aromatic rings. The first-order valence-electron chi connectivity index (χ1n) is 9.97. The molecule has 1 aromatic heterocycles. The first kappa shape index (κ1) is 20.5. The van der Waals surface area contributed by atoms with Crippen LogP contribution in [0.5, 0.6) is 5.75 Å². The number of aliphatic imine (C=N–C) groups is 1. The van der Waals surface area contributed by atoms with Crippen LogP contribution in [-0.4, -0.2) is 47.2 Å². The molecular formula is C23H29N5O. The third-order valence-electron chi connectivity index (χ3n) is 4.50. The summed E-state index contributed by atoms with van der Waals surface area (Å²) in [5.41, 5.74) is 1.25. The molecule has 29 heavy (non-hydrogen) atoms. The third-order valence-corrected chi connectivity index (χ3v) is 4.50. The number of imidazole rings is 1. The van der Waals surface area contributed by atoms with Gasteiger partial charge < -0.3 is 19.5 Å². The molecule has 6 nitrogen and oxygen atoms in total. The number of para-hydroxylation sites is 1. The van der Waals surface area contributed by atoms with Crippen molar-refractivity contribution < 1.29 is 4.74 Å². The monoisotopic (exact) mass is 391 g/mol. The number of hydrogen-bond acceptors (Lipinski definition) is 3. The molecule has 0 amide bonds. The average molecular weight is 392 g/mol. The largest absolute Gasteiger partial charge is 0.492 e. The molecule has 0 aliphatic heterocycles. The van der Waals surface area contributed by atoms with Gasteiger partial charge in [0, 0.05) is 32.5 Å². The summed E-state index contributed by atoms with van der Waals surface area (Å²) in [6.07, 6.45) is 3.83. The summed E-state index contributed by atoms with van der Waals surface area (Å²) in [6, 6.07) is 20.2. The number of likely N-dealkylation sites (N-methyl/N-ethyl adjacent to an activating group) is 1. The van der Waals surface area contributed by atoms with E-state index in [1.54, 1.807) is 0 Å². The topological polar surface area (TPSA) is 54.7 Å². The summed E-state index contributed by atoms with van der Waals surface area (Å²) in [4.78, 5) is 11.3. The molecule has 0 saturated heterocycles. The average Bonchev–Trinajstić information content (AvgIpc) is 3.19. The molecule has 0 atom stereocenters. The zero-order valence-corrected chi connectivity index (χ0v) is 17.2. The second-order valence-electron chi connectivity index (χ2n) is 6.71. The van der Waals surface area contributed by atoms with Gasteiger partial charge in [0.25, 0.3) is 0 Å². The van der Waals surface area contributed by atoms with Crippen molar-refractivity contribution in [2.24, 2.45) is 4.99 Å². The molecule has 3 rings (SSSR count). The van der Waals surface area contributed by atoms with Gasteiger partial charge >= 0.3 is 0 Å². The van der Waals surface area contributed by atoms with Gasteiger partial charge in [0.15, 0.2) is 5.96 Å². The molecule has 1 heterocycles. The number of ether oxygens (including phenoxy) is 1. The van der Waals surface area contributed by atoms with Gasteiger partial charge in [0.2, 0.25) is 0 Å². The molecule has 2 aromatic carbocycles.